The molecular weight excluding hydrogens is 356 g/mol. The van der Waals surface area contributed by atoms with Crippen molar-refractivity contribution >= 4 is 11.9 Å². The Balaban J connectivity index is 1.34. The van der Waals surface area contributed by atoms with Gasteiger partial charge in [-0.15, -0.1) is 0 Å². The van der Waals surface area contributed by atoms with Gasteiger partial charge in [-0.1, -0.05) is 12.8 Å². The molecule has 0 bridgehead atoms. The van der Waals surface area contributed by atoms with Crippen molar-refractivity contribution in [2.24, 2.45) is 10.9 Å². The molecule has 0 aromatic carbocycles. The second-order valence-electron chi connectivity index (χ2n) is 8.22. The third-order valence-corrected chi connectivity index (χ3v) is 5.93. The minimum absolute atomic E-state index is 0.273. The highest BCUT2D eigenvalue weighted by molar-refractivity contribution is 5.81. The van der Waals surface area contributed by atoms with E-state index in [1.54, 1.807) is 0 Å². The van der Waals surface area contributed by atoms with E-state index in [0.29, 0.717) is 24.7 Å². The Kier molecular flexibility index (Phi) is 8.86. The molecule has 2 N–H and O–H groups in total. The highest BCUT2D eigenvalue weighted by Crippen LogP contribution is 2.27. The van der Waals surface area contributed by atoms with Crippen molar-refractivity contribution in [3.8, 4) is 0 Å². The van der Waals surface area contributed by atoms with E-state index in [9.17, 15) is 4.79 Å². The maximum Gasteiger partial charge on any atom is 0.225 e. The zero-order valence-corrected chi connectivity index (χ0v) is 17.5. The van der Waals surface area contributed by atoms with Gasteiger partial charge >= 0.3 is 0 Å². The van der Waals surface area contributed by atoms with E-state index in [-0.39, 0.29) is 5.92 Å². The van der Waals surface area contributed by atoms with Gasteiger partial charge in [0.15, 0.2) is 5.96 Å². The van der Waals surface area contributed by atoms with Crippen LogP contribution in [0.25, 0.3) is 0 Å². The highest BCUT2D eigenvalue weighted by Gasteiger charge is 2.32. The van der Waals surface area contributed by atoms with Crippen LogP contribution in [-0.4, -0.2) is 74.9 Å². The first kappa shape index (κ1) is 21.4. The van der Waals surface area contributed by atoms with Crippen molar-refractivity contribution in [1.82, 2.24) is 15.5 Å². The molecule has 2 saturated heterocycles. The molecule has 2 heterocycles. The molecule has 160 valence electrons. The summed E-state index contributed by atoms with van der Waals surface area (Å²) in [5, 5.41) is 6.83. The number of rotatable bonds is 9. The summed E-state index contributed by atoms with van der Waals surface area (Å²) in [5.41, 5.74) is 0. The normalized spacial score (nSPS) is 26.2. The summed E-state index contributed by atoms with van der Waals surface area (Å²) < 4.78 is 11.3. The van der Waals surface area contributed by atoms with Crippen LogP contribution < -0.4 is 10.6 Å². The number of hydrogen-bond donors (Lipinski definition) is 2. The van der Waals surface area contributed by atoms with Gasteiger partial charge in [0.2, 0.25) is 5.91 Å². The molecule has 1 aliphatic carbocycles. The number of aliphatic imine (C=N–C) groups is 1. The Morgan fingerprint density at radius 2 is 2.07 bits per heavy atom. The van der Waals surface area contributed by atoms with Crippen LogP contribution in [0.4, 0.5) is 0 Å². The highest BCUT2D eigenvalue weighted by atomic mass is 16.5. The number of carbonyl (C=O) groups is 1. The molecule has 3 rings (SSSR count). The molecule has 7 heteroatoms. The van der Waals surface area contributed by atoms with Crippen molar-refractivity contribution in [3.63, 3.8) is 0 Å². The van der Waals surface area contributed by atoms with E-state index in [0.717, 1.165) is 83.9 Å². The zero-order valence-electron chi connectivity index (χ0n) is 17.5. The van der Waals surface area contributed by atoms with E-state index in [4.69, 9.17) is 9.47 Å². The largest absolute Gasteiger partial charge is 0.379 e. The molecule has 2 atom stereocenters. The number of likely N-dealkylation sites (tertiary alicyclic amines) is 1. The van der Waals surface area contributed by atoms with Gasteiger partial charge in [0.1, 0.15) is 0 Å². The average molecular weight is 395 g/mol. The van der Waals surface area contributed by atoms with E-state index in [2.05, 4.69) is 27.4 Å². The molecule has 2 unspecified atom stereocenters. The number of nitrogens with zero attached hydrogens (tertiary/aromatic N) is 2. The van der Waals surface area contributed by atoms with Crippen molar-refractivity contribution in [3.05, 3.63) is 0 Å². The molecule has 1 amide bonds. The summed E-state index contributed by atoms with van der Waals surface area (Å²) in [5.74, 6) is 1.49. The lowest BCUT2D eigenvalue weighted by Crippen LogP contribution is -2.45. The predicted octanol–water partition coefficient (Wildman–Crippen LogP) is 1.92. The fourth-order valence-corrected chi connectivity index (χ4v) is 4.37. The quantitative estimate of drug-likeness (QED) is 0.355. The fraction of sp³-hybridized carbons (Fsp3) is 0.905. The Hall–Kier alpha value is -1.34. The summed E-state index contributed by atoms with van der Waals surface area (Å²) in [6.45, 7) is 7.60. The smallest absolute Gasteiger partial charge is 0.225 e. The summed E-state index contributed by atoms with van der Waals surface area (Å²) in [7, 11) is 0. The predicted molar refractivity (Wildman–Crippen MR) is 110 cm³/mol. The van der Waals surface area contributed by atoms with Gasteiger partial charge in [-0.2, -0.15) is 0 Å². The topological polar surface area (TPSA) is 75.2 Å². The van der Waals surface area contributed by atoms with Crippen LogP contribution in [-0.2, 0) is 14.3 Å². The number of carbonyl (C=O) groups excluding carboxylic acids is 1. The van der Waals surface area contributed by atoms with E-state index < -0.39 is 0 Å². The van der Waals surface area contributed by atoms with Gasteiger partial charge in [0.05, 0.1) is 12.7 Å². The van der Waals surface area contributed by atoms with Gasteiger partial charge in [0.25, 0.3) is 0 Å². The summed E-state index contributed by atoms with van der Waals surface area (Å²) in [6, 6.07) is 0.291. The van der Waals surface area contributed by atoms with Crippen LogP contribution in [0.3, 0.4) is 0 Å². The molecule has 3 fully saturated rings. The molecule has 2 aliphatic heterocycles. The molecule has 28 heavy (non-hydrogen) atoms. The standard InChI is InChI=1S/C21H38N4O3/c1-2-22-21(23-11-6-13-27-16-19-9-5-14-28-19)24-18-10-12-25(15-18)20(26)17-7-3-4-8-17/h17-19H,2-16H2,1H3,(H2,22,23,24). The van der Waals surface area contributed by atoms with Crippen molar-refractivity contribution in [2.45, 2.75) is 70.4 Å². The van der Waals surface area contributed by atoms with Crippen LogP contribution in [0, 0.1) is 5.92 Å². The van der Waals surface area contributed by atoms with Crippen molar-refractivity contribution in [1.29, 1.82) is 0 Å². The van der Waals surface area contributed by atoms with Gasteiger partial charge in [0, 0.05) is 51.4 Å². The fourth-order valence-electron chi connectivity index (χ4n) is 4.37. The minimum atomic E-state index is 0.273. The lowest BCUT2D eigenvalue weighted by molar-refractivity contribution is -0.134. The van der Waals surface area contributed by atoms with E-state index in [1.165, 1.54) is 12.8 Å². The van der Waals surface area contributed by atoms with Gasteiger partial charge in [-0.3, -0.25) is 9.79 Å². The van der Waals surface area contributed by atoms with Gasteiger partial charge < -0.3 is 25.0 Å². The Morgan fingerprint density at radius 3 is 2.82 bits per heavy atom. The minimum Gasteiger partial charge on any atom is -0.379 e. The molecule has 0 aromatic rings. The second-order valence-corrected chi connectivity index (χ2v) is 8.22. The molecule has 1 saturated carbocycles. The number of nitrogens with one attached hydrogen (secondary N) is 2. The summed E-state index contributed by atoms with van der Waals surface area (Å²) in [6.07, 6.45) is 9.03. The molecule has 0 radical (unpaired) electrons. The Bertz CT molecular complexity index is 502. The number of amides is 1. The lowest BCUT2D eigenvalue weighted by Gasteiger charge is -2.21. The van der Waals surface area contributed by atoms with E-state index >= 15 is 0 Å². The van der Waals surface area contributed by atoms with Crippen LogP contribution in [0.15, 0.2) is 4.99 Å². The van der Waals surface area contributed by atoms with Gasteiger partial charge in [-0.25, -0.2) is 0 Å². The first-order valence-corrected chi connectivity index (χ1v) is 11.3. The summed E-state index contributed by atoms with van der Waals surface area (Å²) >= 11 is 0. The maximum atomic E-state index is 12.6. The maximum absolute atomic E-state index is 12.6. The third kappa shape index (κ3) is 6.62. The van der Waals surface area contributed by atoms with Crippen LogP contribution in [0.1, 0.15) is 58.3 Å². The molecule has 0 spiro atoms. The lowest BCUT2D eigenvalue weighted by atomic mass is 10.1. The zero-order chi connectivity index (χ0) is 19.6. The average Bonchev–Trinajstić information content (AvgIpc) is 3.47. The molecular formula is C21H38N4O3. The monoisotopic (exact) mass is 394 g/mol. The number of hydrogen-bond acceptors (Lipinski definition) is 4. The summed E-state index contributed by atoms with van der Waals surface area (Å²) in [4.78, 5) is 19.3. The van der Waals surface area contributed by atoms with Crippen molar-refractivity contribution in [2.75, 3.05) is 46.0 Å². The van der Waals surface area contributed by atoms with Crippen LogP contribution in [0.2, 0.25) is 0 Å². The second kappa shape index (κ2) is 11.6. The van der Waals surface area contributed by atoms with Gasteiger partial charge in [-0.05, 0) is 45.4 Å². The molecule has 0 aromatic heterocycles. The van der Waals surface area contributed by atoms with E-state index in [1.807, 2.05) is 0 Å². The Morgan fingerprint density at radius 1 is 1.21 bits per heavy atom. The SMILES string of the molecule is CCNC(=NCCCOCC1CCCO1)NC1CCN(C(=O)C2CCCC2)C1. The molecule has 3 aliphatic rings. The van der Waals surface area contributed by atoms with Crippen LogP contribution in [0.5, 0.6) is 0 Å². The molecule has 7 nitrogen and oxygen atoms in total. The first-order valence-electron chi connectivity index (χ1n) is 11.3. The van der Waals surface area contributed by atoms with Crippen molar-refractivity contribution < 1.29 is 14.3 Å². The first-order chi connectivity index (χ1) is 13.8. The Labute approximate surface area is 169 Å². The third-order valence-electron chi connectivity index (χ3n) is 5.93. The number of ether oxygens (including phenoxy) is 2. The number of guanidine groups is 1. The van der Waals surface area contributed by atoms with Crippen LogP contribution >= 0.6 is 0 Å².